The van der Waals surface area contributed by atoms with Crippen molar-refractivity contribution in [3.63, 3.8) is 0 Å². The van der Waals surface area contributed by atoms with Crippen LogP contribution in [0, 0.1) is 0 Å². The summed E-state index contributed by atoms with van der Waals surface area (Å²) in [4.78, 5) is 12.7. The van der Waals surface area contributed by atoms with Crippen molar-refractivity contribution in [2.24, 2.45) is 0 Å². The van der Waals surface area contributed by atoms with Crippen LogP contribution in [0.15, 0.2) is 71.3 Å². The molecule has 0 saturated heterocycles. The van der Waals surface area contributed by atoms with Crippen molar-refractivity contribution in [2.45, 2.75) is 58.0 Å². The second kappa shape index (κ2) is 10.1. The molecular formula is C27H31NO5. The lowest BCUT2D eigenvalue weighted by molar-refractivity contribution is -0.140. The minimum Gasteiger partial charge on any atom is -0.483 e. The number of carbonyl (C=O) groups is 1. The van der Waals surface area contributed by atoms with Gasteiger partial charge < -0.3 is 23.9 Å². The fourth-order valence-electron chi connectivity index (χ4n) is 3.95. The molecule has 0 aliphatic carbocycles. The van der Waals surface area contributed by atoms with Crippen LogP contribution in [-0.2, 0) is 16.0 Å². The van der Waals surface area contributed by atoms with Crippen LogP contribution in [0.5, 0.6) is 5.75 Å². The van der Waals surface area contributed by atoms with Crippen LogP contribution in [0.2, 0.25) is 0 Å². The molecule has 4 rings (SSSR count). The summed E-state index contributed by atoms with van der Waals surface area (Å²) in [5.41, 5.74) is 2.21. The first-order valence-electron chi connectivity index (χ1n) is 11.4. The summed E-state index contributed by atoms with van der Waals surface area (Å²) in [6, 6.07) is 19.4. The Morgan fingerprint density at radius 2 is 1.91 bits per heavy atom. The van der Waals surface area contributed by atoms with E-state index < -0.39 is 23.8 Å². The highest BCUT2D eigenvalue weighted by atomic mass is 16.6. The molecule has 0 spiro atoms. The summed E-state index contributed by atoms with van der Waals surface area (Å²) in [5.74, 6) is 0.354. The molecule has 33 heavy (non-hydrogen) atoms. The van der Waals surface area contributed by atoms with Gasteiger partial charge in [0.1, 0.15) is 17.5 Å². The number of unbranched alkanes of at least 4 members (excludes halogenated alkanes) is 1. The number of fused-ring (bicyclic) bond motifs is 1. The molecule has 6 heteroatoms. The van der Waals surface area contributed by atoms with E-state index in [0.717, 1.165) is 29.8 Å². The Morgan fingerprint density at radius 1 is 1.09 bits per heavy atom. The Bertz CT molecular complexity index is 1050. The number of esters is 1. The number of furan rings is 1. The van der Waals surface area contributed by atoms with Gasteiger partial charge in [0.05, 0.1) is 6.26 Å². The number of benzene rings is 2. The van der Waals surface area contributed by atoms with E-state index in [0.29, 0.717) is 13.2 Å². The molecule has 1 aromatic heterocycles. The maximum atomic E-state index is 12.7. The van der Waals surface area contributed by atoms with Gasteiger partial charge in [-0.2, -0.15) is 0 Å². The van der Waals surface area contributed by atoms with Crippen LogP contribution in [0.3, 0.4) is 0 Å². The third-order valence-corrected chi connectivity index (χ3v) is 5.74. The lowest BCUT2D eigenvalue weighted by Gasteiger charge is -2.43. The number of ether oxygens (including phenoxy) is 3. The van der Waals surface area contributed by atoms with Gasteiger partial charge in [-0.05, 0) is 56.2 Å². The number of hydrogen-bond donors (Lipinski definition) is 1. The summed E-state index contributed by atoms with van der Waals surface area (Å²) in [7, 11) is 0. The lowest BCUT2D eigenvalue weighted by Crippen LogP contribution is -2.51. The van der Waals surface area contributed by atoms with Gasteiger partial charge in [0.2, 0.25) is 5.76 Å². The summed E-state index contributed by atoms with van der Waals surface area (Å²) in [6.07, 6.45) is 2.26. The van der Waals surface area contributed by atoms with Crippen molar-refractivity contribution in [2.75, 3.05) is 11.9 Å². The second-order valence-electron chi connectivity index (χ2n) is 8.75. The number of anilines is 1. The van der Waals surface area contributed by atoms with E-state index >= 15 is 0 Å². The quantitative estimate of drug-likeness (QED) is 0.312. The largest absolute Gasteiger partial charge is 0.483 e. The summed E-state index contributed by atoms with van der Waals surface area (Å²) in [5, 5.41) is 3.46. The first kappa shape index (κ1) is 22.9. The Hall–Kier alpha value is -3.25. The Balaban J connectivity index is 1.61. The van der Waals surface area contributed by atoms with E-state index in [1.54, 1.807) is 12.1 Å². The molecule has 3 aromatic rings. The van der Waals surface area contributed by atoms with Crippen LogP contribution >= 0.6 is 0 Å². The molecule has 0 fully saturated rings. The monoisotopic (exact) mass is 449 g/mol. The summed E-state index contributed by atoms with van der Waals surface area (Å²) < 4.78 is 23.8. The molecule has 1 aliphatic rings. The maximum absolute atomic E-state index is 12.7. The van der Waals surface area contributed by atoms with E-state index in [9.17, 15) is 4.79 Å². The highest BCUT2D eigenvalue weighted by Gasteiger charge is 2.47. The second-order valence-corrected chi connectivity index (χ2v) is 8.75. The minimum absolute atomic E-state index is 0.155. The van der Waals surface area contributed by atoms with Crippen molar-refractivity contribution in [3.8, 4) is 5.75 Å². The van der Waals surface area contributed by atoms with Crippen LogP contribution in [0.1, 0.15) is 61.4 Å². The number of nitrogens with one attached hydrogen (secondary N) is 1. The molecule has 0 saturated carbocycles. The van der Waals surface area contributed by atoms with Crippen LogP contribution < -0.4 is 10.1 Å². The fraction of sp³-hybridized carbons (Fsp3) is 0.370. The average molecular weight is 450 g/mol. The predicted octanol–water partition coefficient (Wildman–Crippen LogP) is 6.15. The topological polar surface area (TPSA) is 69.9 Å². The molecule has 0 radical (unpaired) electrons. The zero-order chi connectivity index (χ0) is 23.3. The van der Waals surface area contributed by atoms with Gasteiger partial charge >= 0.3 is 5.97 Å². The van der Waals surface area contributed by atoms with Crippen LogP contribution in [0.25, 0.3) is 0 Å². The molecule has 6 nitrogen and oxygen atoms in total. The van der Waals surface area contributed by atoms with Gasteiger partial charge in [-0.15, -0.1) is 0 Å². The van der Waals surface area contributed by atoms with Gasteiger partial charge in [0.15, 0.2) is 6.10 Å². The zero-order valence-electron chi connectivity index (χ0n) is 19.4. The fourth-order valence-corrected chi connectivity index (χ4v) is 3.95. The first-order valence-corrected chi connectivity index (χ1v) is 11.4. The lowest BCUT2D eigenvalue weighted by atomic mass is 9.87. The van der Waals surface area contributed by atoms with Crippen molar-refractivity contribution in [1.29, 1.82) is 0 Å². The van der Waals surface area contributed by atoms with Crippen molar-refractivity contribution >= 4 is 11.7 Å². The minimum atomic E-state index is -0.787. The number of rotatable bonds is 9. The SMILES string of the molecule is CCCCOC1c2cc(NCc3ccccc3)ccc2OC(C)(C)C1OC(=O)c1ccco1. The van der Waals surface area contributed by atoms with Crippen molar-refractivity contribution in [3.05, 3.63) is 83.8 Å². The third kappa shape index (κ3) is 5.40. The van der Waals surface area contributed by atoms with E-state index in [4.69, 9.17) is 18.6 Å². The molecule has 0 bridgehead atoms. The van der Waals surface area contributed by atoms with Gasteiger partial charge in [0.25, 0.3) is 0 Å². The standard InChI is InChI=1S/C27H31NO5/c1-4-5-15-31-24-21-17-20(28-18-19-10-7-6-8-11-19)13-14-22(21)33-27(2,3)25(24)32-26(29)23-12-9-16-30-23/h6-14,16-17,24-25,28H,4-5,15,18H2,1-3H3. The molecule has 2 heterocycles. The van der Waals surface area contributed by atoms with Crippen molar-refractivity contribution < 1.29 is 23.4 Å². The highest BCUT2D eigenvalue weighted by Crippen LogP contribution is 2.44. The van der Waals surface area contributed by atoms with E-state index in [2.05, 4.69) is 24.4 Å². The molecule has 2 atom stereocenters. The summed E-state index contributed by atoms with van der Waals surface area (Å²) >= 11 is 0. The smallest absolute Gasteiger partial charge is 0.374 e. The number of carbonyl (C=O) groups excluding carboxylic acids is 1. The molecule has 2 unspecified atom stereocenters. The summed E-state index contributed by atoms with van der Waals surface area (Å²) in [6.45, 7) is 7.20. The molecule has 1 aliphatic heterocycles. The molecular weight excluding hydrogens is 418 g/mol. The van der Waals surface area contributed by atoms with E-state index in [1.807, 2.05) is 50.2 Å². The van der Waals surface area contributed by atoms with Gasteiger partial charge in [0, 0.05) is 24.4 Å². The Morgan fingerprint density at radius 3 is 2.64 bits per heavy atom. The Labute approximate surface area is 194 Å². The van der Waals surface area contributed by atoms with Crippen LogP contribution in [0.4, 0.5) is 5.69 Å². The maximum Gasteiger partial charge on any atom is 0.374 e. The Kier molecular flexibility index (Phi) is 7.04. The number of hydrogen-bond acceptors (Lipinski definition) is 6. The van der Waals surface area contributed by atoms with Crippen LogP contribution in [-0.4, -0.2) is 24.3 Å². The molecule has 0 amide bonds. The van der Waals surface area contributed by atoms with E-state index in [-0.39, 0.29) is 5.76 Å². The first-order chi connectivity index (χ1) is 16.0. The zero-order valence-corrected chi connectivity index (χ0v) is 19.4. The van der Waals surface area contributed by atoms with Gasteiger partial charge in [-0.3, -0.25) is 0 Å². The average Bonchev–Trinajstić information content (AvgIpc) is 3.35. The molecule has 174 valence electrons. The predicted molar refractivity (Wildman–Crippen MR) is 126 cm³/mol. The normalized spacial score (nSPS) is 18.8. The molecule has 1 N–H and O–H groups in total. The van der Waals surface area contributed by atoms with Crippen molar-refractivity contribution in [1.82, 2.24) is 0 Å². The third-order valence-electron chi connectivity index (χ3n) is 5.74. The van der Waals surface area contributed by atoms with Gasteiger partial charge in [-0.25, -0.2) is 4.79 Å². The highest BCUT2D eigenvalue weighted by molar-refractivity contribution is 5.86. The van der Waals surface area contributed by atoms with E-state index in [1.165, 1.54) is 11.8 Å². The molecule has 2 aromatic carbocycles. The van der Waals surface area contributed by atoms with Gasteiger partial charge in [-0.1, -0.05) is 43.7 Å².